The molecule has 37 heavy (non-hydrogen) atoms. The number of nitrogens with one attached hydrogen (secondary N) is 1. The predicted octanol–water partition coefficient (Wildman–Crippen LogP) is 4.70. The summed E-state index contributed by atoms with van der Waals surface area (Å²) in [4.78, 5) is 34.6. The van der Waals surface area contributed by atoms with E-state index in [0.29, 0.717) is 25.2 Å². The van der Waals surface area contributed by atoms with Crippen molar-refractivity contribution >= 4 is 34.5 Å². The van der Waals surface area contributed by atoms with Crippen LogP contribution in [0.15, 0.2) is 60.0 Å². The highest BCUT2D eigenvalue weighted by Crippen LogP contribution is 2.32. The first-order chi connectivity index (χ1) is 18.1. The summed E-state index contributed by atoms with van der Waals surface area (Å²) >= 11 is 1.51. The minimum Gasteiger partial charge on any atom is -0.383 e. The number of thiazole rings is 1. The number of nitrogens with zero attached hydrogens (tertiary/aromatic N) is 3. The van der Waals surface area contributed by atoms with Gasteiger partial charge in [-0.15, -0.1) is 11.3 Å². The lowest BCUT2D eigenvalue weighted by Crippen LogP contribution is -2.44. The first-order valence-corrected chi connectivity index (χ1v) is 14.1. The number of aromatic nitrogens is 1. The number of aliphatic hydroxyl groups excluding tert-OH is 1. The number of rotatable bonds is 7. The third kappa shape index (κ3) is 6.19. The number of para-hydroxylation sites is 2. The van der Waals surface area contributed by atoms with E-state index in [1.165, 1.54) is 30.6 Å². The number of benzene rings is 2. The molecule has 2 aliphatic heterocycles. The number of likely N-dealkylation sites (tertiary alicyclic amines) is 1. The first kappa shape index (κ1) is 25.4. The maximum absolute atomic E-state index is 13.0. The lowest BCUT2D eigenvalue weighted by Gasteiger charge is -2.32. The van der Waals surface area contributed by atoms with Crippen molar-refractivity contribution in [2.75, 3.05) is 36.4 Å². The van der Waals surface area contributed by atoms with Gasteiger partial charge in [-0.3, -0.25) is 9.59 Å². The maximum atomic E-state index is 13.0. The van der Waals surface area contributed by atoms with Crippen molar-refractivity contribution in [2.24, 2.45) is 0 Å². The Bertz CT molecular complexity index is 1200. The lowest BCUT2D eigenvalue weighted by molar-refractivity contribution is -0.141. The molecule has 2 aliphatic rings. The molecule has 8 heteroatoms. The molecule has 2 amide bonds. The fourth-order valence-corrected chi connectivity index (χ4v) is 6.21. The minimum absolute atomic E-state index is 0.191. The predicted molar refractivity (Wildman–Crippen MR) is 147 cm³/mol. The number of hydrogen-bond donors (Lipinski definition) is 2. The van der Waals surface area contributed by atoms with Crippen LogP contribution in [0.2, 0.25) is 0 Å². The number of carbonyl (C=O) groups is 2. The summed E-state index contributed by atoms with van der Waals surface area (Å²) in [6.07, 6.45) is 4.45. The molecule has 2 fully saturated rings. The number of piperidine rings is 2. The average Bonchev–Trinajstić information content (AvgIpc) is 3.45. The van der Waals surface area contributed by atoms with Crippen LogP contribution < -0.4 is 10.2 Å². The zero-order valence-corrected chi connectivity index (χ0v) is 21.8. The van der Waals surface area contributed by atoms with E-state index in [0.717, 1.165) is 47.9 Å². The molecule has 3 heterocycles. The average molecular weight is 519 g/mol. The molecule has 194 valence electrons. The summed E-state index contributed by atoms with van der Waals surface area (Å²) in [6, 6.07) is 17.6. The molecule has 2 aromatic carbocycles. The number of amides is 2. The molecule has 0 unspecified atom stereocenters. The van der Waals surface area contributed by atoms with Crippen molar-refractivity contribution in [3.8, 4) is 0 Å². The molecule has 0 radical (unpaired) electrons. The Morgan fingerprint density at radius 2 is 1.68 bits per heavy atom. The van der Waals surface area contributed by atoms with Gasteiger partial charge in [-0.25, -0.2) is 4.98 Å². The first-order valence-electron chi connectivity index (χ1n) is 13.2. The lowest BCUT2D eigenvalue weighted by atomic mass is 9.96. The minimum atomic E-state index is -1.03. The molecular weight excluding hydrogens is 484 g/mol. The van der Waals surface area contributed by atoms with E-state index in [4.69, 9.17) is 0 Å². The summed E-state index contributed by atoms with van der Waals surface area (Å²) < 4.78 is 0. The van der Waals surface area contributed by atoms with Crippen molar-refractivity contribution in [3.63, 3.8) is 0 Å². The van der Waals surface area contributed by atoms with E-state index in [9.17, 15) is 14.7 Å². The third-order valence-corrected chi connectivity index (χ3v) is 8.32. The van der Waals surface area contributed by atoms with Gasteiger partial charge in [0.05, 0.1) is 16.4 Å². The molecule has 3 aromatic rings. The van der Waals surface area contributed by atoms with Crippen LogP contribution in [0, 0.1) is 0 Å². The van der Waals surface area contributed by atoms with Gasteiger partial charge in [0, 0.05) is 43.9 Å². The molecule has 5 rings (SSSR count). The fourth-order valence-electron chi connectivity index (χ4n) is 5.24. The number of carbonyl (C=O) groups excluding carboxylic acids is 2. The number of aliphatic hydroxyl groups is 1. The van der Waals surface area contributed by atoms with Crippen molar-refractivity contribution in [3.05, 3.63) is 76.2 Å². The summed E-state index contributed by atoms with van der Waals surface area (Å²) in [7, 11) is 0. The van der Waals surface area contributed by atoms with Gasteiger partial charge < -0.3 is 20.2 Å². The molecule has 1 atom stereocenters. The Morgan fingerprint density at radius 3 is 2.43 bits per heavy atom. The number of anilines is 2. The third-order valence-electron chi connectivity index (χ3n) is 7.32. The molecule has 7 nitrogen and oxygen atoms in total. The normalized spacial score (nSPS) is 17.4. The van der Waals surface area contributed by atoms with E-state index in [-0.39, 0.29) is 17.7 Å². The van der Waals surface area contributed by atoms with E-state index >= 15 is 0 Å². The second-order valence-corrected chi connectivity index (χ2v) is 10.8. The van der Waals surface area contributed by atoms with Crippen LogP contribution in [0.1, 0.15) is 59.1 Å². The quantitative estimate of drug-likeness (QED) is 0.474. The van der Waals surface area contributed by atoms with Crippen LogP contribution in [0.25, 0.3) is 0 Å². The SMILES string of the molecule is O=C(Nc1ccccc1N1CCCCC1)c1csc(C2CCN(C(=O)[C@H](O)Cc3ccccc3)CC2)n1. The summed E-state index contributed by atoms with van der Waals surface area (Å²) in [5.41, 5.74) is 3.28. The van der Waals surface area contributed by atoms with Gasteiger partial charge in [0.2, 0.25) is 0 Å². The highest BCUT2D eigenvalue weighted by atomic mass is 32.1. The molecule has 0 saturated carbocycles. The van der Waals surface area contributed by atoms with E-state index in [1.807, 2.05) is 53.9 Å². The zero-order chi connectivity index (χ0) is 25.6. The largest absolute Gasteiger partial charge is 0.383 e. The molecular formula is C29H34N4O3S. The Hall–Kier alpha value is -3.23. The summed E-state index contributed by atoms with van der Waals surface area (Å²) in [6.45, 7) is 3.19. The van der Waals surface area contributed by atoms with Crippen LogP contribution in [0.5, 0.6) is 0 Å². The molecule has 0 spiro atoms. The zero-order valence-electron chi connectivity index (χ0n) is 21.0. The van der Waals surface area contributed by atoms with Gasteiger partial charge in [0.1, 0.15) is 11.8 Å². The topological polar surface area (TPSA) is 85.8 Å². The Kier molecular flexibility index (Phi) is 8.16. The smallest absolute Gasteiger partial charge is 0.275 e. The summed E-state index contributed by atoms with van der Waals surface area (Å²) in [5.74, 6) is -0.194. The van der Waals surface area contributed by atoms with Crippen LogP contribution in [-0.4, -0.2) is 59.1 Å². The van der Waals surface area contributed by atoms with Gasteiger partial charge >= 0.3 is 0 Å². The number of hydrogen-bond acceptors (Lipinski definition) is 6. The standard InChI is InChI=1S/C29H34N4O3S/c34-26(19-21-9-3-1-4-10-21)29(36)33-17-13-22(14-18-33)28-31-24(20-37-28)27(35)30-23-11-5-6-12-25(23)32-15-7-2-8-16-32/h1,3-6,9-12,20,22,26,34H,2,7-8,13-19H2,(H,30,35)/t26-/m1/s1. The molecule has 0 bridgehead atoms. The van der Waals surface area contributed by atoms with Crippen LogP contribution >= 0.6 is 11.3 Å². The Labute approximate surface area is 222 Å². The maximum Gasteiger partial charge on any atom is 0.275 e. The highest BCUT2D eigenvalue weighted by Gasteiger charge is 2.29. The van der Waals surface area contributed by atoms with Crippen molar-refractivity contribution in [1.82, 2.24) is 9.88 Å². The summed E-state index contributed by atoms with van der Waals surface area (Å²) in [5, 5.41) is 16.3. The van der Waals surface area contributed by atoms with Crippen molar-refractivity contribution in [1.29, 1.82) is 0 Å². The second kappa shape index (κ2) is 11.9. The molecule has 2 N–H and O–H groups in total. The van der Waals surface area contributed by atoms with Crippen molar-refractivity contribution in [2.45, 2.75) is 50.5 Å². The van der Waals surface area contributed by atoms with Gasteiger partial charge in [0.25, 0.3) is 11.8 Å². The van der Waals surface area contributed by atoms with Gasteiger partial charge in [-0.05, 0) is 49.8 Å². The van der Waals surface area contributed by atoms with Gasteiger partial charge in [0.15, 0.2) is 0 Å². The fraction of sp³-hybridized carbons (Fsp3) is 0.414. The van der Waals surface area contributed by atoms with Gasteiger partial charge in [-0.1, -0.05) is 42.5 Å². The van der Waals surface area contributed by atoms with Crippen LogP contribution in [-0.2, 0) is 11.2 Å². The molecule has 0 aliphatic carbocycles. The van der Waals surface area contributed by atoms with Gasteiger partial charge in [-0.2, -0.15) is 0 Å². The van der Waals surface area contributed by atoms with E-state index < -0.39 is 6.10 Å². The van der Waals surface area contributed by atoms with Crippen LogP contribution in [0.3, 0.4) is 0 Å². The Morgan fingerprint density at radius 1 is 0.973 bits per heavy atom. The van der Waals surface area contributed by atoms with E-state index in [2.05, 4.69) is 21.3 Å². The molecule has 2 saturated heterocycles. The van der Waals surface area contributed by atoms with E-state index in [1.54, 1.807) is 4.90 Å². The van der Waals surface area contributed by atoms with Crippen molar-refractivity contribution < 1.29 is 14.7 Å². The molecule has 1 aromatic heterocycles. The second-order valence-electron chi connectivity index (χ2n) is 9.90. The Balaban J connectivity index is 1.16. The monoisotopic (exact) mass is 518 g/mol. The van der Waals surface area contributed by atoms with Crippen LogP contribution in [0.4, 0.5) is 11.4 Å². The highest BCUT2D eigenvalue weighted by molar-refractivity contribution is 7.10.